The Hall–Kier alpha value is -0.160. The molecule has 0 aromatic rings. The zero-order valence-corrected chi connectivity index (χ0v) is 23.6. The van der Waals surface area contributed by atoms with Crippen molar-refractivity contribution in [1.82, 2.24) is 0 Å². The topological polar surface area (TPSA) is 70.5 Å². The molecule has 0 radical (unpaired) electrons. The van der Waals surface area contributed by atoms with E-state index in [0.29, 0.717) is 24.4 Å². The van der Waals surface area contributed by atoms with Gasteiger partial charge in [-0.05, 0) is 89.9 Å². The van der Waals surface area contributed by atoms with Crippen molar-refractivity contribution in [2.75, 3.05) is 13.2 Å². The van der Waals surface area contributed by atoms with Crippen LogP contribution in [0.2, 0.25) is 0 Å². The Kier molecular flexibility index (Phi) is 10.8. The van der Waals surface area contributed by atoms with Gasteiger partial charge in [0.05, 0.1) is 24.4 Å². The van der Waals surface area contributed by atoms with Crippen LogP contribution in [0.15, 0.2) is 0 Å². The molecule has 0 aliphatic heterocycles. The molecule has 0 saturated heterocycles. The number of rotatable bonds is 14. The lowest BCUT2D eigenvalue weighted by molar-refractivity contribution is -0.131. The molecule has 3 unspecified atom stereocenters. The van der Waals surface area contributed by atoms with Crippen molar-refractivity contribution in [3.63, 3.8) is 0 Å². The monoisotopic (exact) mass is 442 g/mol. The third-order valence-electron chi connectivity index (χ3n) is 8.13. The first-order chi connectivity index (χ1) is 13.5. The molecule has 31 heavy (non-hydrogen) atoms. The highest BCUT2D eigenvalue weighted by atomic mass is 16.5. The maximum absolute atomic E-state index is 6.48. The normalized spacial score (nSPS) is 18.6. The van der Waals surface area contributed by atoms with E-state index in [4.69, 9.17) is 20.9 Å². The highest BCUT2D eigenvalue weighted by Gasteiger charge is 2.44. The third kappa shape index (κ3) is 10.1. The molecular weight excluding hydrogens is 384 g/mol. The van der Waals surface area contributed by atoms with Crippen LogP contribution in [0.5, 0.6) is 0 Å². The Bertz CT molecular complexity index is 530. The zero-order chi connectivity index (χ0) is 25.1. The van der Waals surface area contributed by atoms with Gasteiger partial charge in [-0.15, -0.1) is 0 Å². The fourth-order valence-electron chi connectivity index (χ4n) is 4.36. The molecule has 0 bridgehead atoms. The first kappa shape index (κ1) is 30.8. The molecule has 188 valence electrons. The van der Waals surface area contributed by atoms with Crippen LogP contribution < -0.4 is 11.5 Å². The van der Waals surface area contributed by atoms with Crippen molar-refractivity contribution in [3.05, 3.63) is 0 Å². The second kappa shape index (κ2) is 10.8. The van der Waals surface area contributed by atoms with Gasteiger partial charge in [-0.25, -0.2) is 0 Å². The largest absolute Gasteiger partial charge is 0.375 e. The summed E-state index contributed by atoms with van der Waals surface area (Å²) in [4.78, 5) is 0. The van der Waals surface area contributed by atoms with E-state index < -0.39 is 0 Å². The van der Waals surface area contributed by atoms with Gasteiger partial charge in [0.2, 0.25) is 0 Å². The van der Waals surface area contributed by atoms with Gasteiger partial charge in [0.1, 0.15) is 0 Å². The summed E-state index contributed by atoms with van der Waals surface area (Å²) in [6, 6.07) is 0.148. The molecule has 4 heteroatoms. The van der Waals surface area contributed by atoms with Gasteiger partial charge in [-0.3, -0.25) is 0 Å². The zero-order valence-electron chi connectivity index (χ0n) is 23.6. The number of ether oxygens (including phenoxy) is 2. The van der Waals surface area contributed by atoms with Crippen molar-refractivity contribution >= 4 is 0 Å². The summed E-state index contributed by atoms with van der Waals surface area (Å²) in [7, 11) is 0. The Morgan fingerprint density at radius 1 is 0.742 bits per heavy atom. The first-order valence-corrected chi connectivity index (χ1v) is 12.4. The lowest BCUT2D eigenvalue weighted by Crippen LogP contribution is -2.49. The van der Waals surface area contributed by atoms with Crippen LogP contribution in [-0.2, 0) is 9.47 Å². The Morgan fingerprint density at radius 3 is 1.65 bits per heavy atom. The standard InChI is InChI=1S/C27H58N2O2/c1-19(16-30-25(9,10)15-21(3)28)22(4)23(5,6)18-24(7,8)27(13,14)31-17-20(2)26(11,12)29/h19-22H,15-18,28-29H2,1-14H3/t19-,20?,21?,22?/m0/s1. The molecule has 4 nitrogen and oxygen atoms in total. The maximum atomic E-state index is 6.48. The molecule has 0 aromatic heterocycles. The van der Waals surface area contributed by atoms with E-state index in [-0.39, 0.29) is 33.6 Å². The van der Waals surface area contributed by atoms with E-state index in [2.05, 4.69) is 90.0 Å². The molecule has 0 heterocycles. The van der Waals surface area contributed by atoms with Crippen LogP contribution in [0, 0.1) is 28.6 Å². The Balaban J connectivity index is 5.11. The van der Waals surface area contributed by atoms with Crippen LogP contribution in [0.1, 0.15) is 110 Å². The van der Waals surface area contributed by atoms with Gasteiger partial charge in [0, 0.05) is 11.6 Å². The third-order valence-corrected chi connectivity index (χ3v) is 8.13. The molecule has 4 atom stereocenters. The highest BCUT2D eigenvalue weighted by molar-refractivity contribution is 4.94. The molecule has 0 spiro atoms. The van der Waals surface area contributed by atoms with Gasteiger partial charge in [0.15, 0.2) is 0 Å². The van der Waals surface area contributed by atoms with Crippen molar-refractivity contribution < 1.29 is 9.47 Å². The molecule has 0 aliphatic carbocycles. The summed E-state index contributed by atoms with van der Waals surface area (Å²) < 4.78 is 12.8. The molecule has 0 aromatic carbocycles. The van der Waals surface area contributed by atoms with Gasteiger partial charge in [-0.2, -0.15) is 0 Å². The average Bonchev–Trinajstić information content (AvgIpc) is 2.53. The number of nitrogens with two attached hydrogens (primary N) is 2. The van der Waals surface area contributed by atoms with Crippen molar-refractivity contribution in [1.29, 1.82) is 0 Å². The van der Waals surface area contributed by atoms with E-state index in [1.807, 2.05) is 6.92 Å². The van der Waals surface area contributed by atoms with Gasteiger partial charge in [-0.1, -0.05) is 48.5 Å². The Labute approximate surface area is 195 Å². The lowest BCUT2D eigenvalue weighted by Gasteiger charge is -2.49. The molecule has 0 rings (SSSR count). The van der Waals surface area contributed by atoms with Crippen molar-refractivity contribution in [3.8, 4) is 0 Å². The van der Waals surface area contributed by atoms with Crippen molar-refractivity contribution in [2.24, 2.45) is 40.1 Å². The van der Waals surface area contributed by atoms with Crippen molar-refractivity contribution in [2.45, 2.75) is 133 Å². The average molecular weight is 443 g/mol. The summed E-state index contributed by atoms with van der Waals surface area (Å²) in [5.41, 5.74) is 11.8. The van der Waals surface area contributed by atoms with E-state index in [9.17, 15) is 0 Å². The fourth-order valence-corrected chi connectivity index (χ4v) is 4.36. The lowest BCUT2D eigenvalue weighted by atomic mass is 9.61. The molecule has 0 amide bonds. The Morgan fingerprint density at radius 2 is 1.23 bits per heavy atom. The number of hydrogen-bond acceptors (Lipinski definition) is 4. The highest BCUT2D eigenvalue weighted by Crippen LogP contribution is 2.48. The first-order valence-electron chi connectivity index (χ1n) is 12.4. The smallest absolute Gasteiger partial charge is 0.0677 e. The van der Waals surface area contributed by atoms with Crippen LogP contribution in [0.4, 0.5) is 0 Å². The minimum absolute atomic E-state index is 0.0120. The quantitative estimate of drug-likeness (QED) is 0.326. The summed E-state index contributed by atoms with van der Waals surface area (Å²) in [6.45, 7) is 32.7. The fraction of sp³-hybridized carbons (Fsp3) is 1.00. The molecule has 4 N–H and O–H groups in total. The molecule has 0 fully saturated rings. The van der Waals surface area contributed by atoms with E-state index in [1.54, 1.807) is 0 Å². The van der Waals surface area contributed by atoms with E-state index >= 15 is 0 Å². The summed E-state index contributed by atoms with van der Waals surface area (Å²) in [5, 5.41) is 0. The SMILES string of the molecule is CC(N)CC(C)(C)OC[C@H](C)C(C)C(C)(C)CC(C)(C)C(C)(C)OCC(C)C(C)(C)N. The van der Waals surface area contributed by atoms with Crippen LogP contribution in [0.3, 0.4) is 0 Å². The van der Waals surface area contributed by atoms with Crippen LogP contribution in [0.25, 0.3) is 0 Å². The summed E-state index contributed by atoms with van der Waals surface area (Å²) in [6.07, 6.45) is 1.94. The van der Waals surface area contributed by atoms with Crippen LogP contribution in [-0.4, -0.2) is 36.0 Å². The predicted molar refractivity (Wildman–Crippen MR) is 136 cm³/mol. The summed E-state index contributed by atoms with van der Waals surface area (Å²) in [5.74, 6) is 1.27. The van der Waals surface area contributed by atoms with Gasteiger partial charge >= 0.3 is 0 Å². The van der Waals surface area contributed by atoms with E-state index in [1.165, 1.54) is 0 Å². The van der Waals surface area contributed by atoms with E-state index in [0.717, 1.165) is 19.4 Å². The predicted octanol–water partition coefficient (Wildman–Crippen LogP) is 6.40. The number of hydrogen-bond donors (Lipinski definition) is 2. The van der Waals surface area contributed by atoms with Gasteiger partial charge in [0.25, 0.3) is 0 Å². The molecule has 0 aliphatic rings. The van der Waals surface area contributed by atoms with Crippen LogP contribution >= 0.6 is 0 Å². The maximum Gasteiger partial charge on any atom is 0.0677 e. The minimum atomic E-state index is -0.248. The second-order valence-corrected chi connectivity index (χ2v) is 13.6. The minimum Gasteiger partial charge on any atom is -0.375 e. The molecular formula is C27H58N2O2. The second-order valence-electron chi connectivity index (χ2n) is 13.6. The summed E-state index contributed by atoms with van der Waals surface area (Å²) >= 11 is 0. The molecule has 0 saturated carbocycles. The van der Waals surface area contributed by atoms with Gasteiger partial charge < -0.3 is 20.9 Å².